The molecule has 25 heavy (non-hydrogen) atoms. The van der Waals surface area contributed by atoms with Crippen molar-refractivity contribution in [2.45, 2.75) is 44.6 Å². The van der Waals surface area contributed by atoms with Crippen LogP contribution in [0.15, 0.2) is 23.1 Å². The summed E-state index contributed by atoms with van der Waals surface area (Å²) in [5.74, 6) is -0.0777. The molecule has 6 nitrogen and oxygen atoms in total. The van der Waals surface area contributed by atoms with Gasteiger partial charge in [-0.15, -0.1) is 0 Å². The quantitative estimate of drug-likeness (QED) is 0.855. The number of amides is 1. The summed E-state index contributed by atoms with van der Waals surface area (Å²) in [5.41, 5.74) is 7.43. The van der Waals surface area contributed by atoms with E-state index in [2.05, 4.69) is 0 Å². The number of hydrogen-bond acceptors (Lipinski definition) is 4. The summed E-state index contributed by atoms with van der Waals surface area (Å²) in [7, 11) is -1.75. The number of nitrogens with zero attached hydrogens (tertiary/aromatic N) is 2. The summed E-state index contributed by atoms with van der Waals surface area (Å²) < 4.78 is 27.3. The Balaban J connectivity index is 2.07. The lowest BCUT2D eigenvalue weighted by atomic mass is 9.96. The van der Waals surface area contributed by atoms with Gasteiger partial charge >= 0.3 is 0 Å². The van der Waals surface area contributed by atoms with Gasteiger partial charge in [-0.3, -0.25) is 4.79 Å². The molecule has 1 aromatic carbocycles. The van der Waals surface area contributed by atoms with Crippen molar-refractivity contribution in [3.63, 3.8) is 0 Å². The van der Waals surface area contributed by atoms with Gasteiger partial charge in [0.05, 0.1) is 4.90 Å². The van der Waals surface area contributed by atoms with Gasteiger partial charge < -0.3 is 10.6 Å². The molecule has 1 fully saturated rings. The predicted molar refractivity (Wildman–Crippen MR) is 98.7 cm³/mol. The highest BCUT2D eigenvalue weighted by Crippen LogP contribution is 2.27. The fourth-order valence-corrected chi connectivity index (χ4v) is 4.91. The number of benzene rings is 1. The zero-order chi connectivity index (χ0) is 18.8. The van der Waals surface area contributed by atoms with Crippen LogP contribution in [0.4, 0.5) is 0 Å². The van der Waals surface area contributed by atoms with Crippen LogP contribution >= 0.6 is 0 Å². The minimum atomic E-state index is -3.51. The highest BCUT2D eigenvalue weighted by molar-refractivity contribution is 7.89. The Kier molecular flexibility index (Phi) is 6.24. The SMILES string of the molecule is Cc1ccc(S(=O)(=O)N2CCC(C(=O)N(C)C(C)CN)CC2)c(C)c1. The third-order valence-electron chi connectivity index (χ3n) is 5.10. The monoisotopic (exact) mass is 367 g/mol. The van der Waals surface area contributed by atoms with Gasteiger partial charge in [-0.05, 0) is 45.2 Å². The van der Waals surface area contributed by atoms with Gasteiger partial charge in [0.1, 0.15) is 0 Å². The van der Waals surface area contributed by atoms with Crippen molar-refractivity contribution in [2.24, 2.45) is 11.7 Å². The van der Waals surface area contributed by atoms with Crippen molar-refractivity contribution in [3.05, 3.63) is 29.3 Å². The molecule has 1 aromatic rings. The molecule has 1 aliphatic heterocycles. The molecule has 1 amide bonds. The standard InChI is InChI=1S/C18H29N3O3S/c1-13-5-6-17(14(2)11-13)25(23,24)21-9-7-16(8-10-21)18(22)20(4)15(3)12-19/h5-6,11,15-16H,7-10,12,19H2,1-4H3. The zero-order valence-electron chi connectivity index (χ0n) is 15.5. The summed E-state index contributed by atoms with van der Waals surface area (Å²) in [6, 6.07) is 5.36. The second-order valence-corrected chi connectivity index (χ2v) is 8.89. The average Bonchev–Trinajstić information content (AvgIpc) is 2.59. The van der Waals surface area contributed by atoms with Gasteiger partial charge in [0.25, 0.3) is 0 Å². The van der Waals surface area contributed by atoms with E-state index in [4.69, 9.17) is 5.73 Å². The van der Waals surface area contributed by atoms with Gasteiger partial charge in [-0.1, -0.05) is 17.7 Å². The van der Waals surface area contributed by atoms with Gasteiger partial charge in [-0.2, -0.15) is 4.31 Å². The first-order valence-corrected chi connectivity index (χ1v) is 10.2. The summed E-state index contributed by atoms with van der Waals surface area (Å²) in [6.07, 6.45) is 1.09. The summed E-state index contributed by atoms with van der Waals surface area (Å²) >= 11 is 0. The van der Waals surface area contributed by atoms with Crippen LogP contribution in [-0.4, -0.2) is 56.3 Å². The first-order valence-electron chi connectivity index (χ1n) is 8.72. The number of aryl methyl sites for hydroxylation is 2. The molecule has 1 saturated heterocycles. The molecule has 0 spiro atoms. The van der Waals surface area contributed by atoms with Gasteiger partial charge in [0, 0.05) is 38.6 Å². The highest BCUT2D eigenvalue weighted by Gasteiger charge is 2.34. The van der Waals surface area contributed by atoms with Crippen molar-refractivity contribution in [3.8, 4) is 0 Å². The summed E-state index contributed by atoms with van der Waals surface area (Å²) in [6.45, 7) is 6.84. The molecule has 0 saturated carbocycles. The predicted octanol–water partition coefficient (Wildman–Crippen LogP) is 1.51. The number of carbonyl (C=O) groups excluding carboxylic acids is 1. The van der Waals surface area contributed by atoms with Crippen LogP contribution in [-0.2, 0) is 14.8 Å². The second kappa shape index (κ2) is 7.85. The Bertz CT molecular complexity index is 725. The Labute approximate surface area is 151 Å². The Hall–Kier alpha value is -1.44. The molecule has 0 radical (unpaired) electrons. The van der Waals surface area contributed by atoms with E-state index >= 15 is 0 Å². The lowest BCUT2D eigenvalue weighted by Gasteiger charge is -2.34. The van der Waals surface area contributed by atoms with Crippen molar-refractivity contribution in [1.82, 2.24) is 9.21 Å². The summed E-state index contributed by atoms with van der Waals surface area (Å²) in [4.78, 5) is 14.6. The lowest BCUT2D eigenvalue weighted by Crippen LogP contribution is -2.47. The van der Waals surface area contributed by atoms with E-state index < -0.39 is 10.0 Å². The molecule has 0 aliphatic carbocycles. The number of nitrogens with two attached hydrogens (primary N) is 1. The van der Waals surface area contributed by atoms with Crippen LogP contribution in [0.3, 0.4) is 0 Å². The van der Waals surface area contributed by atoms with Crippen molar-refractivity contribution < 1.29 is 13.2 Å². The van der Waals surface area contributed by atoms with Gasteiger partial charge in [0.15, 0.2) is 0 Å². The van der Waals surface area contributed by atoms with Crippen molar-refractivity contribution in [2.75, 3.05) is 26.7 Å². The maximum Gasteiger partial charge on any atom is 0.243 e. The second-order valence-electron chi connectivity index (χ2n) is 6.98. The topological polar surface area (TPSA) is 83.7 Å². The van der Waals surface area contributed by atoms with Crippen molar-refractivity contribution >= 4 is 15.9 Å². The minimum absolute atomic E-state index is 0.00975. The first-order chi connectivity index (χ1) is 11.7. The largest absolute Gasteiger partial charge is 0.342 e. The fourth-order valence-electron chi connectivity index (χ4n) is 3.23. The van der Waals surface area contributed by atoms with E-state index in [0.29, 0.717) is 37.4 Å². The average molecular weight is 368 g/mol. The third-order valence-corrected chi connectivity index (χ3v) is 7.16. The van der Waals surface area contributed by atoms with Gasteiger partial charge in [0.2, 0.25) is 15.9 Å². The summed E-state index contributed by atoms with van der Waals surface area (Å²) in [5, 5.41) is 0. The van der Waals surface area contributed by atoms with Crippen LogP contribution in [0.25, 0.3) is 0 Å². The Morgan fingerprint density at radius 1 is 1.32 bits per heavy atom. The molecule has 0 aromatic heterocycles. The Morgan fingerprint density at radius 2 is 1.92 bits per heavy atom. The molecular formula is C18H29N3O3S. The van der Waals surface area contributed by atoms with Crippen LogP contribution in [0.5, 0.6) is 0 Å². The van der Waals surface area contributed by atoms with Crippen molar-refractivity contribution in [1.29, 1.82) is 0 Å². The normalized spacial score (nSPS) is 18.1. The lowest BCUT2D eigenvalue weighted by molar-refractivity contribution is -0.137. The minimum Gasteiger partial charge on any atom is -0.342 e. The molecule has 1 atom stereocenters. The van der Waals surface area contributed by atoms with Gasteiger partial charge in [-0.25, -0.2) is 8.42 Å². The molecule has 1 unspecified atom stereocenters. The third kappa shape index (κ3) is 4.22. The van der Waals surface area contributed by atoms with Crippen LogP contribution in [0.2, 0.25) is 0 Å². The maximum absolute atomic E-state index is 12.9. The number of rotatable bonds is 5. The molecule has 1 heterocycles. The molecule has 7 heteroatoms. The number of piperidine rings is 1. The number of carbonyl (C=O) groups is 1. The maximum atomic E-state index is 12.9. The van der Waals surface area contributed by atoms with E-state index in [-0.39, 0.29) is 17.9 Å². The van der Waals surface area contributed by atoms with E-state index in [1.165, 1.54) is 4.31 Å². The Morgan fingerprint density at radius 3 is 2.44 bits per heavy atom. The molecule has 1 aliphatic rings. The van der Waals surface area contributed by atoms with E-state index in [9.17, 15) is 13.2 Å². The zero-order valence-corrected chi connectivity index (χ0v) is 16.3. The molecule has 2 N–H and O–H groups in total. The highest BCUT2D eigenvalue weighted by atomic mass is 32.2. The molecule has 140 valence electrons. The van der Waals surface area contributed by atoms with E-state index in [0.717, 1.165) is 11.1 Å². The number of sulfonamides is 1. The number of hydrogen-bond donors (Lipinski definition) is 1. The van der Waals surface area contributed by atoms with Crippen LogP contribution in [0, 0.1) is 19.8 Å². The van der Waals surface area contributed by atoms with Crippen LogP contribution in [0.1, 0.15) is 30.9 Å². The fraction of sp³-hybridized carbons (Fsp3) is 0.611. The first kappa shape index (κ1) is 19.9. The van der Waals surface area contributed by atoms with E-state index in [1.807, 2.05) is 32.9 Å². The molecule has 0 bridgehead atoms. The van der Waals surface area contributed by atoms with Crippen LogP contribution < -0.4 is 5.73 Å². The number of likely N-dealkylation sites (N-methyl/N-ethyl adjacent to an activating group) is 1. The molecular weight excluding hydrogens is 338 g/mol. The molecule has 2 rings (SSSR count). The smallest absolute Gasteiger partial charge is 0.243 e. The van der Waals surface area contributed by atoms with E-state index in [1.54, 1.807) is 18.0 Å².